The Morgan fingerprint density at radius 2 is 0.618 bits per heavy atom. The van der Waals surface area contributed by atoms with Gasteiger partial charge in [0.15, 0.2) is 0 Å². The standard InChI is InChI=1S/C68H38F2N6/c69-61-37-49(53-23-11-7-15-45(53)39-71)35-59(55-25-13-9-17-47(55)41-73)67(61)75(51-19-3-1-4-20-51)63-33-29-43-28-32-58-64(34-30-44-27-31-57(63)65(43)66(44)58)76(52-21-5-2-6-22-52)68-60(56-26-14-10-18-48(56)42-74)36-50(38-62(68)70)54-24-12-8-16-46(54)40-72/h1-38H. The molecule has 0 aliphatic rings. The van der Waals surface area contributed by atoms with Crippen molar-refractivity contribution in [2.75, 3.05) is 9.80 Å². The minimum Gasteiger partial charge on any atom is -0.307 e. The van der Waals surface area contributed by atoms with Crippen molar-refractivity contribution in [3.63, 3.8) is 0 Å². The van der Waals surface area contributed by atoms with Crippen molar-refractivity contribution in [1.29, 1.82) is 21.0 Å². The molecule has 0 unspecified atom stereocenters. The molecule has 0 spiro atoms. The van der Waals surface area contributed by atoms with E-state index in [0.717, 1.165) is 32.3 Å². The molecule has 0 aliphatic heterocycles. The topological polar surface area (TPSA) is 102 Å². The average molecular weight is 977 g/mol. The molecule has 76 heavy (non-hydrogen) atoms. The molecule has 0 heterocycles. The van der Waals surface area contributed by atoms with Crippen LogP contribution in [-0.2, 0) is 0 Å². The predicted octanol–water partition coefficient (Wildman–Crippen LogP) is 18.0. The van der Waals surface area contributed by atoms with Crippen molar-refractivity contribution in [3.05, 3.63) is 264 Å². The van der Waals surface area contributed by atoms with Crippen LogP contribution in [0.15, 0.2) is 231 Å². The van der Waals surface area contributed by atoms with Crippen molar-refractivity contribution < 1.29 is 8.78 Å². The predicted molar refractivity (Wildman–Crippen MR) is 300 cm³/mol. The summed E-state index contributed by atoms with van der Waals surface area (Å²) in [5.74, 6) is -1.14. The van der Waals surface area contributed by atoms with Crippen LogP contribution in [-0.4, -0.2) is 0 Å². The average Bonchev–Trinajstić information content (AvgIpc) is 3.51. The number of halogens is 2. The summed E-state index contributed by atoms with van der Waals surface area (Å²) in [6, 6.07) is 79.6. The lowest BCUT2D eigenvalue weighted by Gasteiger charge is -2.31. The molecule has 354 valence electrons. The molecule has 0 radical (unpaired) electrons. The molecular formula is C68H38F2N6. The number of nitrogens with zero attached hydrogens (tertiary/aromatic N) is 6. The highest BCUT2D eigenvalue weighted by molar-refractivity contribution is 6.28. The fourth-order valence-electron chi connectivity index (χ4n) is 10.8. The molecule has 0 amide bonds. The van der Waals surface area contributed by atoms with E-state index in [1.807, 2.05) is 155 Å². The van der Waals surface area contributed by atoms with Gasteiger partial charge in [-0.15, -0.1) is 0 Å². The Morgan fingerprint density at radius 3 is 0.987 bits per heavy atom. The highest BCUT2D eigenvalue weighted by Gasteiger charge is 2.29. The maximum Gasteiger partial charge on any atom is 0.148 e. The maximum atomic E-state index is 18.0. The fourth-order valence-corrected chi connectivity index (χ4v) is 10.8. The van der Waals surface area contributed by atoms with Crippen LogP contribution < -0.4 is 9.80 Å². The minimum absolute atomic E-state index is 0.208. The lowest BCUT2D eigenvalue weighted by Crippen LogP contribution is -2.15. The van der Waals surface area contributed by atoms with Gasteiger partial charge in [-0.1, -0.05) is 146 Å². The molecule has 12 rings (SSSR count). The number of nitriles is 4. The van der Waals surface area contributed by atoms with E-state index in [9.17, 15) is 21.0 Å². The molecule has 0 aliphatic carbocycles. The van der Waals surface area contributed by atoms with Crippen LogP contribution in [0.2, 0.25) is 0 Å². The molecule has 12 aromatic carbocycles. The van der Waals surface area contributed by atoms with Gasteiger partial charge in [-0.05, 0) is 129 Å². The van der Waals surface area contributed by atoms with E-state index >= 15 is 8.78 Å². The Morgan fingerprint density at radius 1 is 0.303 bits per heavy atom. The Balaban J connectivity index is 1.14. The van der Waals surface area contributed by atoms with E-state index in [0.29, 0.717) is 89.5 Å². The number of rotatable bonds is 10. The summed E-state index contributed by atoms with van der Waals surface area (Å²) >= 11 is 0. The van der Waals surface area contributed by atoms with Crippen LogP contribution in [0.3, 0.4) is 0 Å². The fraction of sp³-hybridized carbons (Fsp3) is 0. The van der Waals surface area contributed by atoms with Crippen molar-refractivity contribution in [3.8, 4) is 68.8 Å². The second-order valence-corrected chi connectivity index (χ2v) is 18.3. The summed E-state index contributed by atoms with van der Waals surface area (Å²) in [7, 11) is 0. The molecule has 0 aromatic heterocycles. The largest absolute Gasteiger partial charge is 0.307 e. The van der Waals surface area contributed by atoms with E-state index in [2.05, 4.69) is 36.4 Å². The molecule has 12 aromatic rings. The van der Waals surface area contributed by atoms with E-state index in [-0.39, 0.29) is 11.4 Å². The van der Waals surface area contributed by atoms with Crippen LogP contribution in [0.25, 0.3) is 76.8 Å². The zero-order valence-corrected chi connectivity index (χ0v) is 40.4. The zero-order chi connectivity index (χ0) is 51.9. The van der Waals surface area contributed by atoms with Crippen LogP contribution >= 0.6 is 0 Å². The first-order valence-electron chi connectivity index (χ1n) is 24.4. The summed E-state index contributed by atoms with van der Waals surface area (Å²) < 4.78 is 35.9. The second-order valence-electron chi connectivity index (χ2n) is 18.3. The third kappa shape index (κ3) is 7.76. The summed E-state index contributed by atoms with van der Waals surface area (Å²) in [6.45, 7) is 0. The van der Waals surface area contributed by atoms with Gasteiger partial charge in [-0.3, -0.25) is 0 Å². The number of anilines is 6. The molecule has 0 atom stereocenters. The monoisotopic (exact) mass is 976 g/mol. The first-order valence-corrected chi connectivity index (χ1v) is 24.4. The van der Waals surface area contributed by atoms with Crippen LogP contribution in [0, 0.1) is 57.0 Å². The summed E-state index contributed by atoms with van der Waals surface area (Å²) in [6.07, 6.45) is 0. The molecule has 8 heteroatoms. The Bertz CT molecular complexity index is 4160. The third-order valence-corrected chi connectivity index (χ3v) is 14.1. The Kier molecular flexibility index (Phi) is 11.7. The molecule has 0 bridgehead atoms. The number of para-hydroxylation sites is 2. The van der Waals surface area contributed by atoms with E-state index in [1.54, 1.807) is 60.7 Å². The van der Waals surface area contributed by atoms with Gasteiger partial charge in [0.05, 0.1) is 69.3 Å². The van der Waals surface area contributed by atoms with E-state index < -0.39 is 11.6 Å². The summed E-state index contributed by atoms with van der Waals surface area (Å²) in [5, 5.41) is 46.6. The van der Waals surface area contributed by atoms with Crippen LogP contribution in [0.4, 0.5) is 42.9 Å². The van der Waals surface area contributed by atoms with E-state index in [4.69, 9.17) is 0 Å². The van der Waals surface area contributed by atoms with E-state index in [1.165, 1.54) is 12.1 Å². The van der Waals surface area contributed by atoms with Crippen LogP contribution in [0.1, 0.15) is 22.3 Å². The summed E-state index contributed by atoms with van der Waals surface area (Å²) in [4.78, 5) is 3.81. The zero-order valence-electron chi connectivity index (χ0n) is 40.4. The van der Waals surface area contributed by atoms with Crippen molar-refractivity contribution in [1.82, 2.24) is 0 Å². The van der Waals surface area contributed by atoms with Gasteiger partial charge in [-0.2, -0.15) is 21.0 Å². The van der Waals surface area contributed by atoms with Gasteiger partial charge >= 0.3 is 0 Å². The first kappa shape index (κ1) is 46.2. The smallest absolute Gasteiger partial charge is 0.148 e. The number of hydrogen-bond acceptors (Lipinski definition) is 6. The van der Waals surface area contributed by atoms with Gasteiger partial charge in [0.25, 0.3) is 0 Å². The lowest BCUT2D eigenvalue weighted by molar-refractivity contribution is 0.629. The maximum absolute atomic E-state index is 18.0. The van der Waals surface area contributed by atoms with Gasteiger partial charge in [0.1, 0.15) is 11.6 Å². The normalized spacial score (nSPS) is 11.0. The molecule has 0 saturated carbocycles. The molecule has 6 nitrogen and oxygen atoms in total. The Hall–Kier alpha value is -10.9. The number of hydrogen-bond donors (Lipinski definition) is 0. The highest BCUT2D eigenvalue weighted by atomic mass is 19.1. The molecule has 0 saturated heterocycles. The SMILES string of the molecule is N#Cc1ccccc1-c1cc(F)c(N(c2ccccc2)c2ccc3ccc4c(N(c5ccccc5)c5c(F)cc(-c6ccccc6C#N)cc5-c5ccccc5C#N)ccc5ccc2c3c54)c(-c2ccccc2C#N)c1. The minimum atomic E-state index is -0.568. The van der Waals surface area contributed by atoms with Crippen molar-refractivity contribution in [2.45, 2.75) is 0 Å². The quantitative estimate of drug-likeness (QED) is 0.127. The van der Waals surface area contributed by atoms with Crippen molar-refractivity contribution in [2.24, 2.45) is 0 Å². The number of benzene rings is 12. The van der Waals surface area contributed by atoms with Crippen LogP contribution in [0.5, 0.6) is 0 Å². The van der Waals surface area contributed by atoms with Gasteiger partial charge in [0, 0.05) is 44.4 Å². The van der Waals surface area contributed by atoms with Crippen molar-refractivity contribution >= 4 is 66.4 Å². The third-order valence-electron chi connectivity index (χ3n) is 14.1. The summed E-state index contributed by atoms with van der Waals surface area (Å²) in [5.41, 5.74) is 8.56. The second kappa shape index (κ2) is 19.3. The lowest BCUT2D eigenvalue weighted by atomic mass is 9.89. The molecular weight excluding hydrogens is 939 g/mol. The van der Waals surface area contributed by atoms with Gasteiger partial charge in [-0.25, -0.2) is 8.78 Å². The van der Waals surface area contributed by atoms with Gasteiger partial charge in [0.2, 0.25) is 0 Å². The van der Waals surface area contributed by atoms with Gasteiger partial charge < -0.3 is 9.80 Å². The Labute approximate surface area is 437 Å². The first-order chi connectivity index (χ1) is 37.4. The highest BCUT2D eigenvalue weighted by Crippen LogP contribution is 2.52. The molecule has 0 N–H and O–H groups in total. The molecule has 0 fully saturated rings.